The fourth-order valence-corrected chi connectivity index (χ4v) is 5.74. The van der Waals surface area contributed by atoms with Gasteiger partial charge in [-0.3, -0.25) is 9.10 Å². The molecule has 0 aliphatic carbocycles. The maximum atomic E-state index is 13.4. The number of rotatable bonds is 3. The lowest BCUT2D eigenvalue weighted by molar-refractivity contribution is -0.121. The Hall–Kier alpha value is -2.34. The molecule has 2 aromatic carbocycles. The normalized spacial score (nSPS) is 17.8. The molecule has 0 saturated heterocycles. The molecule has 148 valence electrons. The number of hydrogen-bond acceptors (Lipinski definition) is 3. The number of para-hydroxylation sites is 1. The third kappa shape index (κ3) is 2.82. The van der Waals surface area contributed by atoms with E-state index in [-0.39, 0.29) is 22.1 Å². The zero-order valence-corrected chi connectivity index (χ0v) is 17.6. The quantitative estimate of drug-likeness (QED) is 0.792. The average Bonchev–Trinajstić information content (AvgIpc) is 3.20. The van der Waals surface area contributed by atoms with Crippen LogP contribution in [0.5, 0.6) is 0 Å². The van der Waals surface area contributed by atoms with Crippen LogP contribution in [0.1, 0.15) is 38.8 Å². The maximum absolute atomic E-state index is 13.4. The molecule has 0 radical (unpaired) electrons. The van der Waals surface area contributed by atoms with Gasteiger partial charge >= 0.3 is 0 Å². The minimum atomic E-state index is -3.65. The second-order valence-electron chi connectivity index (χ2n) is 8.60. The van der Waals surface area contributed by atoms with E-state index in [2.05, 4.69) is 13.8 Å². The molecule has 4 rings (SSSR count). The van der Waals surface area contributed by atoms with Crippen LogP contribution in [0.15, 0.2) is 47.4 Å². The van der Waals surface area contributed by atoms with Crippen LogP contribution in [0, 0.1) is 5.92 Å². The van der Waals surface area contributed by atoms with E-state index in [1.54, 1.807) is 23.1 Å². The summed E-state index contributed by atoms with van der Waals surface area (Å²) in [6.07, 6.45) is 0.725. The molecular weight excluding hydrogens is 372 g/mol. The second kappa shape index (κ2) is 6.34. The summed E-state index contributed by atoms with van der Waals surface area (Å²) >= 11 is 0. The molecule has 0 aromatic heterocycles. The van der Waals surface area contributed by atoms with Crippen molar-refractivity contribution in [2.24, 2.45) is 5.92 Å². The smallest absolute Gasteiger partial charge is 0.264 e. The molecule has 28 heavy (non-hydrogen) atoms. The summed E-state index contributed by atoms with van der Waals surface area (Å²) in [5.41, 5.74) is 3.26. The number of amides is 1. The van der Waals surface area contributed by atoms with Gasteiger partial charge in [0.05, 0.1) is 10.6 Å². The fraction of sp³-hybridized carbons (Fsp3) is 0.409. The van der Waals surface area contributed by atoms with Gasteiger partial charge in [-0.15, -0.1) is 0 Å². The Kier molecular flexibility index (Phi) is 4.30. The first-order chi connectivity index (χ1) is 13.1. The van der Waals surface area contributed by atoms with Gasteiger partial charge in [-0.1, -0.05) is 45.9 Å². The number of carbonyl (C=O) groups excluding carboxylic acids is 1. The Balaban J connectivity index is 1.77. The van der Waals surface area contributed by atoms with Gasteiger partial charge < -0.3 is 4.90 Å². The first-order valence-electron chi connectivity index (χ1n) is 9.69. The lowest BCUT2D eigenvalue weighted by atomic mass is 9.87. The molecule has 0 atom stereocenters. The molecule has 0 bridgehead atoms. The van der Waals surface area contributed by atoms with Crippen LogP contribution in [0.4, 0.5) is 11.4 Å². The van der Waals surface area contributed by atoms with Gasteiger partial charge in [0.2, 0.25) is 5.91 Å². The molecule has 0 fully saturated rings. The van der Waals surface area contributed by atoms with Crippen LogP contribution < -0.4 is 9.21 Å². The number of anilines is 2. The molecule has 0 N–H and O–H groups in total. The summed E-state index contributed by atoms with van der Waals surface area (Å²) < 4.78 is 28.3. The number of fused-ring (bicyclic) bond motifs is 2. The topological polar surface area (TPSA) is 57.7 Å². The van der Waals surface area contributed by atoms with E-state index in [0.29, 0.717) is 13.1 Å². The third-order valence-corrected chi connectivity index (χ3v) is 7.54. The summed E-state index contributed by atoms with van der Waals surface area (Å²) in [4.78, 5) is 14.7. The van der Waals surface area contributed by atoms with E-state index in [1.807, 2.05) is 38.1 Å². The highest BCUT2D eigenvalue weighted by Gasteiger charge is 2.40. The molecule has 6 heteroatoms. The van der Waals surface area contributed by atoms with Crippen LogP contribution in [-0.2, 0) is 26.7 Å². The predicted molar refractivity (Wildman–Crippen MR) is 111 cm³/mol. The minimum absolute atomic E-state index is 0.0657. The van der Waals surface area contributed by atoms with Crippen molar-refractivity contribution in [3.63, 3.8) is 0 Å². The van der Waals surface area contributed by atoms with Crippen molar-refractivity contribution in [3.05, 3.63) is 53.6 Å². The number of carbonyl (C=O) groups is 1. The van der Waals surface area contributed by atoms with E-state index in [0.717, 1.165) is 28.9 Å². The zero-order valence-electron chi connectivity index (χ0n) is 16.8. The highest BCUT2D eigenvalue weighted by Crippen LogP contribution is 2.43. The highest BCUT2D eigenvalue weighted by atomic mass is 32.2. The van der Waals surface area contributed by atoms with Gasteiger partial charge in [0.1, 0.15) is 0 Å². The van der Waals surface area contributed by atoms with Crippen molar-refractivity contribution >= 4 is 27.3 Å². The van der Waals surface area contributed by atoms with E-state index in [4.69, 9.17) is 0 Å². The molecule has 2 aliphatic rings. The van der Waals surface area contributed by atoms with Crippen molar-refractivity contribution in [1.29, 1.82) is 0 Å². The Labute approximate surface area is 167 Å². The lowest BCUT2D eigenvalue weighted by Crippen LogP contribution is -2.36. The Bertz CT molecular complexity index is 1060. The van der Waals surface area contributed by atoms with Gasteiger partial charge in [-0.2, -0.15) is 0 Å². The summed E-state index contributed by atoms with van der Waals surface area (Å²) in [6.45, 7) is 8.91. The van der Waals surface area contributed by atoms with Crippen molar-refractivity contribution in [1.82, 2.24) is 0 Å². The molecule has 0 saturated carbocycles. The standard InChI is InChI=1S/C22H26N2O3S/c1-15(2)21(25)23-14-22(3,4)18-13-17(9-10-20(18)23)28(26,27)24-12-11-16-7-5-6-8-19(16)24/h5-10,13,15H,11-12,14H2,1-4H3. The summed E-state index contributed by atoms with van der Waals surface area (Å²) in [7, 11) is -3.65. The lowest BCUT2D eigenvalue weighted by Gasteiger charge is -2.22. The summed E-state index contributed by atoms with van der Waals surface area (Å²) in [5, 5.41) is 0. The Morgan fingerprint density at radius 2 is 1.79 bits per heavy atom. The van der Waals surface area contributed by atoms with Gasteiger partial charge in [-0.05, 0) is 41.8 Å². The molecule has 2 aliphatic heterocycles. The van der Waals surface area contributed by atoms with Crippen molar-refractivity contribution in [3.8, 4) is 0 Å². The maximum Gasteiger partial charge on any atom is 0.264 e. The van der Waals surface area contributed by atoms with Crippen molar-refractivity contribution in [2.75, 3.05) is 22.3 Å². The molecule has 2 heterocycles. The van der Waals surface area contributed by atoms with Crippen LogP contribution in [0.3, 0.4) is 0 Å². The van der Waals surface area contributed by atoms with Crippen molar-refractivity contribution < 1.29 is 13.2 Å². The van der Waals surface area contributed by atoms with Gasteiger partial charge in [0.15, 0.2) is 0 Å². The first kappa shape index (κ1) is 19.0. The molecular formula is C22H26N2O3S. The van der Waals surface area contributed by atoms with E-state index >= 15 is 0 Å². The Morgan fingerprint density at radius 3 is 2.50 bits per heavy atom. The highest BCUT2D eigenvalue weighted by molar-refractivity contribution is 7.92. The van der Waals surface area contributed by atoms with E-state index in [1.165, 1.54) is 4.31 Å². The zero-order chi connectivity index (χ0) is 20.3. The van der Waals surface area contributed by atoms with E-state index < -0.39 is 10.0 Å². The second-order valence-corrected chi connectivity index (χ2v) is 10.5. The van der Waals surface area contributed by atoms with E-state index in [9.17, 15) is 13.2 Å². The third-order valence-electron chi connectivity index (χ3n) is 5.73. The average molecular weight is 399 g/mol. The minimum Gasteiger partial charge on any atom is -0.311 e. The van der Waals surface area contributed by atoms with Crippen molar-refractivity contribution in [2.45, 2.75) is 44.4 Å². The van der Waals surface area contributed by atoms with Gasteiger partial charge in [0.25, 0.3) is 10.0 Å². The number of nitrogens with zero attached hydrogens (tertiary/aromatic N) is 2. The van der Waals surface area contributed by atoms with Crippen LogP contribution in [0.2, 0.25) is 0 Å². The predicted octanol–water partition coefficient (Wildman–Crippen LogP) is 3.72. The largest absolute Gasteiger partial charge is 0.311 e. The van der Waals surface area contributed by atoms with Crippen LogP contribution in [-0.4, -0.2) is 27.4 Å². The fourth-order valence-electron chi connectivity index (χ4n) is 4.21. The monoisotopic (exact) mass is 398 g/mol. The van der Waals surface area contributed by atoms with Crippen LogP contribution >= 0.6 is 0 Å². The number of sulfonamides is 1. The van der Waals surface area contributed by atoms with Gasteiger partial charge in [0, 0.05) is 30.1 Å². The molecule has 0 unspecified atom stereocenters. The summed E-state index contributed by atoms with van der Waals surface area (Å²) in [6, 6.07) is 12.8. The van der Waals surface area contributed by atoms with Crippen LogP contribution in [0.25, 0.3) is 0 Å². The Morgan fingerprint density at radius 1 is 1.07 bits per heavy atom. The molecule has 2 aromatic rings. The first-order valence-corrected chi connectivity index (χ1v) is 11.1. The molecule has 5 nitrogen and oxygen atoms in total. The SMILES string of the molecule is CC(C)C(=O)N1CC(C)(C)c2cc(S(=O)(=O)N3CCc4ccccc43)ccc21. The number of hydrogen-bond donors (Lipinski definition) is 0. The molecule has 1 amide bonds. The number of benzene rings is 2. The summed E-state index contributed by atoms with van der Waals surface area (Å²) in [5.74, 6) is -0.0397. The van der Waals surface area contributed by atoms with Gasteiger partial charge in [-0.25, -0.2) is 8.42 Å². The molecule has 0 spiro atoms.